The number of carbonyl (C=O) groups is 3. The van der Waals surface area contributed by atoms with E-state index in [0.29, 0.717) is 0 Å². The molecule has 4 atom stereocenters. The fraction of sp³-hybridized carbons (Fsp3) is 0.500. The number of likely N-dealkylation sites (tertiary alicyclic amines) is 1. The molecule has 0 radical (unpaired) electrons. The number of hydrogen-bond acceptors (Lipinski definition) is 6. The van der Waals surface area contributed by atoms with Gasteiger partial charge in [0, 0.05) is 13.1 Å². The van der Waals surface area contributed by atoms with Gasteiger partial charge in [-0.15, -0.1) is 0 Å². The molecule has 1 aromatic carbocycles. The molecule has 0 aromatic heterocycles. The summed E-state index contributed by atoms with van der Waals surface area (Å²) in [6.07, 6.45) is 0. The summed E-state index contributed by atoms with van der Waals surface area (Å²) >= 11 is 0. The molecule has 2 heterocycles. The molecule has 2 fully saturated rings. The summed E-state index contributed by atoms with van der Waals surface area (Å²) in [5, 5.41) is 13.1. The summed E-state index contributed by atoms with van der Waals surface area (Å²) in [6, 6.07) is 6.93. The molecule has 2 aliphatic heterocycles. The number of nitrogens with one attached hydrogen (secondary N) is 1. The Kier molecular flexibility index (Phi) is 4.38. The molecule has 7 nitrogen and oxygen atoms in total. The Hall–Kier alpha value is -2.25. The van der Waals surface area contributed by atoms with Crippen molar-refractivity contribution in [1.29, 1.82) is 0 Å². The van der Waals surface area contributed by atoms with Gasteiger partial charge in [-0.2, -0.15) is 0 Å². The maximum atomic E-state index is 12.7. The molecule has 7 heteroatoms. The molecule has 1 aromatic rings. The number of esters is 1. The molecule has 2 aliphatic rings. The van der Waals surface area contributed by atoms with E-state index in [-0.39, 0.29) is 12.5 Å². The molecule has 2 amide bonds. The average Bonchev–Trinajstić information content (AvgIpc) is 3.06. The van der Waals surface area contributed by atoms with Gasteiger partial charge in [-0.1, -0.05) is 24.3 Å². The van der Waals surface area contributed by atoms with Gasteiger partial charge in [-0.3, -0.25) is 19.8 Å². The lowest BCUT2D eigenvalue weighted by Gasteiger charge is -2.30. The van der Waals surface area contributed by atoms with Crippen molar-refractivity contribution in [2.75, 3.05) is 20.3 Å². The number of benzene rings is 1. The van der Waals surface area contributed by atoms with Crippen LogP contribution >= 0.6 is 0 Å². The zero-order valence-corrected chi connectivity index (χ0v) is 14.5. The van der Waals surface area contributed by atoms with E-state index in [1.54, 1.807) is 6.92 Å². The fourth-order valence-corrected chi connectivity index (χ4v) is 4.01. The Morgan fingerprint density at radius 2 is 2.00 bits per heavy atom. The first-order valence-corrected chi connectivity index (χ1v) is 8.31. The van der Waals surface area contributed by atoms with Gasteiger partial charge in [0.2, 0.25) is 11.8 Å². The predicted octanol–water partition coefficient (Wildman–Crippen LogP) is 0.165. The molecular weight excluding hydrogens is 324 g/mol. The van der Waals surface area contributed by atoms with Crippen LogP contribution in [0.5, 0.6) is 0 Å². The maximum Gasteiger partial charge on any atom is 0.329 e. The minimum Gasteiger partial charge on any atom is -0.465 e. The third kappa shape index (κ3) is 2.38. The van der Waals surface area contributed by atoms with Crippen LogP contribution in [0.15, 0.2) is 24.3 Å². The number of hydrogen-bond donors (Lipinski definition) is 2. The molecule has 25 heavy (non-hydrogen) atoms. The molecule has 3 rings (SSSR count). The molecule has 0 spiro atoms. The summed E-state index contributed by atoms with van der Waals surface area (Å²) < 4.78 is 5.12. The first-order valence-electron chi connectivity index (χ1n) is 8.31. The highest BCUT2D eigenvalue weighted by molar-refractivity contribution is 6.09. The number of aryl methyl sites for hydroxylation is 1. The zero-order valence-electron chi connectivity index (χ0n) is 14.5. The second-order valence-corrected chi connectivity index (χ2v) is 6.57. The number of carbonyl (C=O) groups excluding carboxylic acids is 3. The van der Waals surface area contributed by atoms with Crippen molar-refractivity contribution in [1.82, 2.24) is 10.2 Å². The maximum absolute atomic E-state index is 12.7. The largest absolute Gasteiger partial charge is 0.465 e. The summed E-state index contributed by atoms with van der Waals surface area (Å²) in [5.74, 6) is -3.27. The monoisotopic (exact) mass is 346 g/mol. The Labute approximate surface area is 146 Å². The number of aliphatic hydroxyl groups is 1. The standard InChI is InChI=1S/C18H22N2O5/c1-4-25-17(24)18(9-21)13-12(15(22)20(3)16(13)23)14(19-18)11-8-6-5-7-10(11)2/h5-8,12-14,19,21H,4,9H2,1-3H3/t12-,13-,14-,18-/m0/s1. The van der Waals surface area contributed by atoms with Crippen molar-refractivity contribution in [2.45, 2.75) is 25.4 Å². The van der Waals surface area contributed by atoms with Gasteiger partial charge in [-0.05, 0) is 25.0 Å². The van der Waals surface area contributed by atoms with Crippen molar-refractivity contribution in [3.63, 3.8) is 0 Å². The first kappa shape index (κ1) is 17.6. The van der Waals surface area contributed by atoms with Crippen LogP contribution in [0.2, 0.25) is 0 Å². The van der Waals surface area contributed by atoms with Gasteiger partial charge in [0.25, 0.3) is 0 Å². The lowest BCUT2D eigenvalue weighted by molar-refractivity contribution is -0.158. The van der Waals surface area contributed by atoms with E-state index in [4.69, 9.17) is 4.74 Å². The first-order chi connectivity index (χ1) is 11.9. The number of fused-ring (bicyclic) bond motifs is 1. The number of aliphatic hydroxyl groups excluding tert-OH is 1. The van der Waals surface area contributed by atoms with E-state index in [2.05, 4.69) is 5.32 Å². The predicted molar refractivity (Wildman–Crippen MR) is 88.3 cm³/mol. The van der Waals surface area contributed by atoms with Crippen LogP contribution in [0.25, 0.3) is 0 Å². The molecule has 0 unspecified atom stereocenters. The van der Waals surface area contributed by atoms with Crippen LogP contribution in [0.1, 0.15) is 24.1 Å². The summed E-state index contributed by atoms with van der Waals surface area (Å²) in [7, 11) is 1.41. The molecule has 134 valence electrons. The van der Waals surface area contributed by atoms with Crippen LogP contribution in [-0.2, 0) is 19.1 Å². The van der Waals surface area contributed by atoms with Gasteiger partial charge in [0.1, 0.15) is 0 Å². The highest BCUT2D eigenvalue weighted by atomic mass is 16.5. The van der Waals surface area contributed by atoms with Crippen molar-refractivity contribution in [3.8, 4) is 0 Å². The normalized spacial score (nSPS) is 31.4. The Balaban J connectivity index is 2.14. The van der Waals surface area contributed by atoms with Crippen molar-refractivity contribution in [2.24, 2.45) is 11.8 Å². The minimum absolute atomic E-state index is 0.118. The van der Waals surface area contributed by atoms with E-state index in [9.17, 15) is 19.5 Å². The average molecular weight is 346 g/mol. The molecule has 2 saturated heterocycles. The van der Waals surface area contributed by atoms with E-state index in [0.717, 1.165) is 16.0 Å². The van der Waals surface area contributed by atoms with Crippen molar-refractivity contribution in [3.05, 3.63) is 35.4 Å². The SMILES string of the molecule is CCOC(=O)[C@@]1(CO)N[C@@H](c2ccccc2C)[C@H]2C(=O)N(C)C(=O)[C@H]21. The fourth-order valence-electron chi connectivity index (χ4n) is 4.01. The van der Waals surface area contributed by atoms with E-state index in [1.165, 1.54) is 7.05 Å². The second kappa shape index (κ2) is 6.24. The lowest BCUT2D eigenvalue weighted by atomic mass is 9.79. The quantitative estimate of drug-likeness (QED) is 0.596. The molecule has 0 saturated carbocycles. The molecule has 0 aliphatic carbocycles. The second-order valence-electron chi connectivity index (χ2n) is 6.57. The van der Waals surface area contributed by atoms with Gasteiger partial charge >= 0.3 is 5.97 Å². The number of ether oxygens (including phenoxy) is 1. The zero-order chi connectivity index (χ0) is 18.4. The van der Waals surface area contributed by atoms with Crippen LogP contribution in [-0.4, -0.2) is 53.6 Å². The van der Waals surface area contributed by atoms with Crippen molar-refractivity contribution >= 4 is 17.8 Å². The highest BCUT2D eigenvalue weighted by Gasteiger charge is 2.68. The number of amides is 2. The molecular formula is C18H22N2O5. The minimum atomic E-state index is -1.62. The van der Waals surface area contributed by atoms with E-state index >= 15 is 0 Å². The van der Waals surface area contributed by atoms with Crippen LogP contribution < -0.4 is 5.32 Å². The highest BCUT2D eigenvalue weighted by Crippen LogP contribution is 2.49. The Morgan fingerprint density at radius 3 is 2.60 bits per heavy atom. The molecule has 0 bridgehead atoms. The van der Waals surface area contributed by atoms with E-state index < -0.39 is 41.9 Å². The van der Waals surface area contributed by atoms with Crippen LogP contribution in [0.4, 0.5) is 0 Å². The van der Waals surface area contributed by atoms with Gasteiger partial charge < -0.3 is 9.84 Å². The van der Waals surface area contributed by atoms with Crippen molar-refractivity contribution < 1.29 is 24.2 Å². The number of rotatable bonds is 4. The summed E-state index contributed by atoms with van der Waals surface area (Å²) in [6.45, 7) is 3.05. The summed E-state index contributed by atoms with van der Waals surface area (Å²) in [4.78, 5) is 39.1. The smallest absolute Gasteiger partial charge is 0.329 e. The number of imide groups is 1. The third-order valence-electron chi connectivity index (χ3n) is 5.29. The van der Waals surface area contributed by atoms with Gasteiger partial charge in [0.15, 0.2) is 5.54 Å². The third-order valence-corrected chi connectivity index (χ3v) is 5.29. The number of nitrogens with zero attached hydrogens (tertiary/aromatic N) is 1. The topological polar surface area (TPSA) is 95.9 Å². The van der Waals surface area contributed by atoms with Crippen LogP contribution in [0.3, 0.4) is 0 Å². The van der Waals surface area contributed by atoms with Gasteiger partial charge in [-0.25, -0.2) is 4.79 Å². The lowest BCUT2D eigenvalue weighted by Crippen LogP contribution is -2.58. The Bertz CT molecular complexity index is 734. The van der Waals surface area contributed by atoms with Gasteiger partial charge in [0.05, 0.1) is 25.0 Å². The van der Waals surface area contributed by atoms with E-state index in [1.807, 2.05) is 31.2 Å². The van der Waals surface area contributed by atoms with Crippen LogP contribution in [0, 0.1) is 18.8 Å². The molecule has 2 N–H and O–H groups in total. The Morgan fingerprint density at radius 1 is 1.32 bits per heavy atom. The summed E-state index contributed by atoms with van der Waals surface area (Å²) in [5.41, 5.74) is 0.144.